The van der Waals surface area contributed by atoms with Crippen LogP contribution in [-0.4, -0.2) is 49.4 Å². The molecular formula is C15H20BrClN2O. The van der Waals surface area contributed by atoms with Gasteiger partial charge in [-0.15, -0.1) is 0 Å². The molecule has 20 heavy (non-hydrogen) atoms. The van der Waals surface area contributed by atoms with E-state index in [2.05, 4.69) is 34.9 Å². The molecule has 1 aliphatic rings. The lowest BCUT2D eigenvalue weighted by atomic mass is 9.96. The van der Waals surface area contributed by atoms with Crippen molar-refractivity contribution in [2.75, 3.05) is 33.7 Å². The number of benzene rings is 1. The molecule has 0 spiro atoms. The molecule has 1 fully saturated rings. The molecule has 1 heterocycles. The number of likely N-dealkylation sites (tertiary alicyclic amines) is 1. The van der Waals surface area contributed by atoms with Gasteiger partial charge in [0, 0.05) is 34.7 Å². The Labute approximate surface area is 134 Å². The number of carbonyl (C=O) groups excluding carboxylic acids is 1. The van der Waals surface area contributed by atoms with Gasteiger partial charge in [-0.25, -0.2) is 0 Å². The second-order valence-corrected chi connectivity index (χ2v) is 7.01. The highest BCUT2D eigenvalue weighted by molar-refractivity contribution is 9.10. The number of hydrogen-bond acceptors (Lipinski definition) is 2. The maximum absolute atomic E-state index is 12.5. The molecule has 0 bridgehead atoms. The molecule has 0 unspecified atom stereocenters. The van der Waals surface area contributed by atoms with E-state index in [0.717, 1.165) is 36.9 Å². The average molecular weight is 360 g/mol. The van der Waals surface area contributed by atoms with Crippen LogP contribution in [0, 0.1) is 5.92 Å². The molecule has 3 nitrogen and oxygen atoms in total. The highest BCUT2D eigenvalue weighted by atomic mass is 79.9. The maximum atomic E-state index is 12.5. The van der Waals surface area contributed by atoms with E-state index in [1.165, 1.54) is 0 Å². The van der Waals surface area contributed by atoms with Crippen molar-refractivity contribution in [3.05, 3.63) is 33.3 Å². The Kier molecular flexibility index (Phi) is 5.47. The van der Waals surface area contributed by atoms with E-state index in [-0.39, 0.29) is 5.91 Å². The van der Waals surface area contributed by atoms with Gasteiger partial charge in [0.25, 0.3) is 5.91 Å². The Bertz CT molecular complexity index is 465. The second-order valence-electron chi connectivity index (χ2n) is 5.66. The van der Waals surface area contributed by atoms with Crippen molar-refractivity contribution in [1.29, 1.82) is 0 Å². The molecule has 1 saturated heterocycles. The van der Waals surface area contributed by atoms with Gasteiger partial charge >= 0.3 is 0 Å². The number of rotatable bonds is 3. The third-order valence-electron chi connectivity index (χ3n) is 3.63. The van der Waals surface area contributed by atoms with E-state index in [1.807, 2.05) is 11.0 Å². The molecule has 0 radical (unpaired) electrons. The van der Waals surface area contributed by atoms with Gasteiger partial charge in [-0.2, -0.15) is 0 Å². The summed E-state index contributed by atoms with van der Waals surface area (Å²) in [4.78, 5) is 16.6. The number of carbonyl (C=O) groups is 1. The van der Waals surface area contributed by atoms with Crippen LogP contribution in [0.15, 0.2) is 22.7 Å². The summed E-state index contributed by atoms with van der Waals surface area (Å²) < 4.78 is 0.843. The van der Waals surface area contributed by atoms with Crippen molar-refractivity contribution >= 4 is 33.4 Å². The molecule has 1 aromatic carbocycles. The fourth-order valence-electron chi connectivity index (χ4n) is 2.69. The lowest BCUT2D eigenvalue weighted by Crippen LogP contribution is -2.40. The van der Waals surface area contributed by atoms with E-state index >= 15 is 0 Å². The zero-order valence-corrected chi connectivity index (χ0v) is 14.2. The number of halogens is 2. The van der Waals surface area contributed by atoms with Crippen LogP contribution < -0.4 is 0 Å². The highest BCUT2D eigenvalue weighted by Gasteiger charge is 2.24. The van der Waals surface area contributed by atoms with E-state index < -0.39 is 0 Å². The maximum Gasteiger partial charge on any atom is 0.253 e. The molecule has 5 heteroatoms. The predicted octanol–water partition coefficient (Wildman–Crippen LogP) is 3.52. The lowest BCUT2D eigenvalue weighted by molar-refractivity contribution is 0.0678. The summed E-state index contributed by atoms with van der Waals surface area (Å²) in [7, 11) is 4.20. The SMILES string of the molecule is CN(C)CC1CCN(C(=O)c2cc(Cl)cc(Br)c2)CC1. The lowest BCUT2D eigenvalue weighted by Gasteiger charge is -2.33. The Balaban J connectivity index is 1.98. The van der Waals surface area contributed by atoms with Crippen LogP contribution in [0.4, 0.5) is 0 Å². The third-order valence-corrected chi connectivity index (χ3v) is 4.31. The summed E-state index contributed by atoms with van der Waals surface area (Å²) in [6.07, 6.45) is 2.15. The average Bonchev–Trinajstić information content (AvgIpc) is 2.37. The van der Waals surface area contributed by atoms with Crippen molar-refractivity contribution in [1.82, 2.24) is 9.80 Å². The van der Waals surface area contributed by atoms with Crippen LogP contribution in [0.2, 0.25) is 5.02 Å². The Morgan fingerprint density at radius 2 is 2.00 bits per heavy atom. The van der Waals surface area contributed by atoms with Crippen molar-refractivity contribution in [3.63, 3.8) is 0 Å². The third kappa shape index (κ3) is 4.21. The van der Waals surface area contributed by atoms with Crippen LogP contribution >= 0.6 is 27.5 Å². The molecule has 110 valence electrons. The molecular weight excluding hydrogens is 340 g/mol. The molecule has 0 aromatic heterocycles. The van der Waals surface area contributed by atoms with E-state index in [9.17, 15) is 4.79 Å². The van der Waals surface area contributed by atoms with Gasteiger partial charge in [-0.05, 0) is 51.1 Å². The number of piperidine rings is 1. The van der Waals surface area contributed by atoms with Gasteiger partial charge in [0.2, 0.25) is 0 Å². The quantitative estimate of drug-likeness (QED) is 0.824. The smallest absolute Gasteiger partial charge is 0.253 e. The fraction of sp³-hybridized carbons (Fsp3) is 0.533. The van der Waals surface area contributed by atoms with E-state index in [1.54, 1.807) is 12.1 Å². The topological polar surface area (TPSA) is 23.6 Å². The molecule has 0 N–H and O–H groups in total. The summed E-state index contributed by atoms with van der Waals surface area (Å²) in [5, 5.41) is 0.588. The summed E-state index contributed by atoms with van der Waals surface area (Å²) in [6, 6.07) is 5.36. The number of hydrogen-bond donors (Lipinski definition) is 0. The van der Waals surface area contributed by atoms with Gasteiger partial charge in [-0.3, -0.25) is 4.79 Å². The molecule has 1 aliphatic heterocycles. The van der Waals surface area contributed by atoms with Crippen LogP contribution in [-0.2, 0) is 0 Å². The van der Waals surface area contributed by atoms with Crippen LogP contribution in [0.1, 0.15) is 23.2 Å². The van der Waals surface area contributed by atoms with Gasteiger partial charge < -0.3 is 9.80 Å². The first-order valence-electron chi connectivity index (χ1n) is 6.86. The normalized spacial score (nSPS) is 16.8. The predicted molar refractivity (Wildman–Crippen MR) is 86.3 cm³/mol. The first kappa shape index (κ1) is 15.8. The summed E-state index contributed by atoms with van der Waals surface area (Å²) in [6.45, 7) is 2.77. The van der Waals surface area contributed by atoms with Gasteiger partial charge in [0.05, 0.1) is 0 Å². The Hall–Kier alpha value is -0.580. The number of amides is 1. The van der Waals surface area contributed by atoms with Crippen LogP contribution in [0.3, 0.4) is 0 Å². The highest BCUT2D eigenvalue weighted by Crippen LogP contribution is 2.23. The zero-order chi connectivity index (χ0) is 14.7. The molecule has 2 rings (SSSR count). The summed E-state index contributed by atoms with van der Waals surface area (Å²) in [5.41, 5.74) is 0.662. The standard InChI is InChI=1S/C15H20BrClN2O/c1-18(2)10-11-3-5-19(6-4-11)15(20)12-7-13(16)9-14(17)8-12/h7-9,11H,3-6,10H2,1-2H3. The van der Waals surface area contributed by atoms with Gasteiger partial charge in [0.1, 0.15) is 0 Å². The van der Waals surface area contributed by atoms with Crippen molar-refractivity contribution in [2.45, 2.75) is 12.8 Å². The first-order valence-corrected chi connectivity index (χ1v) is 8.03. The number of nitrogens with zero attached hydrogens (tertiary/aromatic N) is 2. The minimum Gasteiger partial charge on any atom is -0.339 e. The Morgan fingerprint density at radius 3 is 2.55 bits per heavy atom. The fourth-order valence-corrected chi connectivity index (χ4v) is 3.56. The molecule has 1 aromatic rings. The zero-order valence-electron chi connectivity index (χ0n) is 11.9. The molecule has 0 atom stereocenters. The van der Waals surface area contributed by atoms with Gasteiger partial charge in [-0.1, -0.05) is 27.5 Å². The van der Waals surface area contributed by atoms with Crippen molar-refractivity contribution < 1.29 is 4.79 Å². The second kappa shape index (κ2) is 6.92. The van der Waals surface area contributed by atoms with Gasteiger partial charge in [0.15, 0.2) is 0 Å². The first-order chi connectivity index (χ1) is 9.45. The van der Waals surface area contributed by atoms with Crippen LogP contribution in [0.5, 0.6) is 0 Å². The molecule has 0 aliphatic carbocycles. The summed E-state index contributed by atoms with van der Waals surface area (Å²) in [5.74, 6) is 0.775. The summed E-state index contributed by atoms with van der Waals surface area (Å²) >= 11 is 9.39. The Morgan fingerprint density at radius 1 is 1.35 bits per heavy atom. The monoisotopic (exact) mass is 358 g/mol. The van der Waals surface area contributed by atoms with E-state index in [0.29, 0.717) is 16.5 Å². The minimum absolute atomic E-state index is 0.0801. The van der Waals surface area contributed by atoms with Crippen molar-refractivity contribution in [3.8, 4) is 0 Å². The minimum atomic E-state index is 0.0801. The van der Waals surface area contributed by atoms with E-state index in [4.69, 9.17) is 11.6 Å². The largest absolute Gasteiger partial charge is 0.339 e. The van der Waals surface area contributed by atoms with Crippen molar-refractivity contribution in [2.24, 2.45) is 5.92 Å². The molecule has 1 amide bonds. The molecule has 0 saturated carbocycles. The van der Waals surface area contributed by atoms with Crippen LogP contribution in [0.25, 0.3) is 0 Å².